The van der Waals surface area contributed by atoms with E-state index in [4.69, 9.17) is 16.6 Å². The highest BCUT2D eigenvalue weighted by Gasteiger charge is 2.21. The van der Waals surface area contributed by atoms with E-state index in [-0.39, 0.29) is 5.91 Å². The van der Waals surface area contributed by atoms with Crippen LogP contribution in [0.3, 0.4) is 0 Å². The van der Waals surface area contributed by atoms with E-state index < -0.39 is 0 Å². The fourth-order valence-electron chi connectivity index (χ4n) is 3.08. The fraction of sp³-hybridized carbons (Fsp3) is 0.174. The molecule has 0 spiro atoms. The lowest BCUT2D eigenvalue weighted by atomic mass is 10.1. The first-order chi connectivity index (χ1) is 14.6. The van der Waals surface area contributed by atoms with E-state index >= 15 is 0 Å². The molecule has 2 aromatic carbocycles. The number of fused-ring (bicyclic) bond motifs is 1. The van der Waals surface area contributed by atoms with Gasteiger partial charge < -0.3 is 0 Å². The van der Waals surface area contributed by atoms with Gasteiger partial charge in [-0.3, -0.25) is 14.7 Å². The zero-order valence-electron chi connectivity index (χ0n) is 16.4. The number of aromatic nitrogens is 2. The summed E-state index contributed by atoms with van der Waals surface area (Å²) in [5, 5.41) is 1.34. The average Bonchev–Trinajstić information content (AvgIpc) is 3.17. The number of anilines is 1. The summed E-state index contributed by atoms with van der Waals surface area (Å²) in [6, 6.07) is 17.6. The van der Waals surface area contributed by atoms with Crippen molar-refractivity contribution in [2.75, 3.05) is 10.7 Å². The number of nitrogens with zero attached hydrogens (tertiary/aromatic N) is 3. The van der Waals surface area contributed by atoms with Crippen molar-refractivity contribution in [3.8, 4) is 0 Å². The summed E-state index contributed by atoms with van der Waals surface area (Å²) in [6.07, 6.45) is 3.79. The highest BCUT2D eigenvalue weighted by molar-refractivity contribution is 7.99. The second kappa shape index (κ2) is 9.60. The Morgan fingerprint density at radius 3 is 2.57 bits per heavy atom. The molecule has 2 heterocycles. The number of halogens is 1. The topological polar surface area (TPSA) is 46.1 Å². The number of rotatable bonds is 7. The Kier molecular flexibility index (Phi) is 6.67. The molecule has 0 aliphatic carbocycles. The molecule has 4 aromatic rings. The van der Waals surface area contributed by atoms with Crippen LogP contribution in [0.2, 0.25) is 5.02 Å². The molecule has 0 unspecified atom stereocenters. The third-order valence-electron chi connectivity index (χ3n) is 4.55. The summed E-state index contributed by atoms with van der Waals surface area (Å²) in [5.41, 5.74) is 2.84. The number of carbonyl (C=O) groups excluding carboxylic acids is 1. The minimum absolute atomic E-state index is 0.00728. The van der Waals surface area contributed by atoms with Crippen LogP contribution in [0.25, 0.3) is 10.2 Å². The van der Waals surface area contributed by atoms with E-state index in [0.717, 1.165) is 27.1 Å². The van der Waals surface area contributed by atoms with Gasteiger partial charge in [0.15, 0.2) is 5.13 Å². The van der Waals surface area contributed by atoms with Crippen molar-refractivity contribution in [1.29, 1.82) is 0 Å². The van der Waals surface area contributed by atoms with Crippen molar-refractivity contribution in [1.82, 2.24) is 9.97 Å². The van der Waals surface area contributed by atoms with Gasteiger partial charge in [0.1, 0.15) is 0 Å². The Bertz CT molecular complexity index is 1150. The standard InChI is InChI=1S/C23H20ClN3OS2/c1-2-29-19-6-3-16(4-7-19)13-22(28)27(15-17-9-11-25-12-10-17)23-26-20-8-5-18(24)14-21(20)30-23/h3-12,14H,2,13,15H2,1H3. The van der Waals surface area contributed by atoms with E-state index in [2.05, 4.69) is 24.0 Å². The predicted molar refractivity (Wildman–Crippen MR) is 127 cm³/mol. The maximum atomic E-state index is 13.3. The van der Waals surface area contributed by atoms with E-state index in [1.165, 1.54) is 16.2 Å². The van der Waals surface area contributed by atoms with Crippen LogP contribution in [-0.2, 0) is 17.8 Å². The van der Waals surface area contributed by atoms with Crippen molar-refractivity contribution < 1.29 is 4.79 Å². The smallest absolute Gasteiger partial charge is 0.233 e. The van der Waals surface area contributed by atoms with Crippen LogP contribution in [0.15, 0.2) is 71.9 Å². The molecule has 30 heavy (non-hydrogen) atoms. The normalized spacial score (nSPS) is 11.0. The van der Waals surface area contributed by atoms with Gasteiger partial charge in [-0.25, -0.2) is 4.98 Å². The van der Waals surface area contributed by atoms with Crippen LogP contribution in [0.4, 0.5) is 5.13 Å². The van der Waals surface area contributed by atoms with Gasteiger partial charge in [-0.15, -0.1) is 11.8 Å². The first-order valence-corrected chi connectivity index (χ1v) is 11.8. The zero-order chi connectivity index (χ0) is 20.9. The van der Waals surface area contributed by atoms with Crippen LogP contribution in [0.5, 0.6) is 0 Å². The molecule has 0 aliphatic rings. The lowest BCUT2D eigenvalue weighted by molar-refractivity contribution is -0.118. The Morgan fingerprint density at radius 2 is 1.83 bits per heavy atom. The number of thiazole rings is 1. The van der Waals surface area contributed by atoms with Crippen LogP contribution in [0.1, 0.15) is 18.1 Å². The van der Waals surface area contributed by atoms with Crippen molar-refractivity contribution >= 4 is 56.0 Å². The van der Waals surface area contributed by atoms with Crippen molar-refractivity contribution in [2.45, 2.75) is 24.8 Å². The Hall–Kier alpha value is -2.41. The molecule has 4 nitrogen and oxygen atoms in total. The molecule has 0 atom stereocenters. The van der Waals surface area contributed by atoms with Gasteiger partial charge in [0, 0.05) is 22.3 Å². The number of pyridine rings is 1. The van der Waals surface area contributed by atoms with Gasteiger partial charge in [0.25, 0.3) is 0 Å². The molecule has 0 saturated carbocycles. The Balaban J connectivity index is 1.62. The lowest BCUT2D eigenvalue weighted by Gasteiger charge is -2.20. The molecule has 0 saturated heterocycles. The van der Waals surface area contributed by atoms with Crippen LogP contribution in [-0.4, -0.2) is 21.6 Å². The molecule has 0 radical (unpaired) electrons. The second-order valence-electron chi connectivity index (χ2n) is 6.70. The van der Waals surface area contributed by atoms with Gasteiger partial charge in [-0.1, -0.05) is 42.0 Å². The zero-order valence-corrected chi connectivity index (χ0v) is 18.8. The highest BCUT2D eigenvalue weighted by Crippen LogP contribution is 2.32. The van der Waals surface area contributed by atoms with Crippen LogP contribution < -0.4 is 4.90 Å². The van der Waals surface area contributed by atoms with Gasteiger partial charge in [-0.05, 0) is 59.3 Å². The van der Waals surface area contributed by atoms with Gasteiger partial charge in [-0.2, -0.15) is 0 Å². The van der Waals surface area contributed by atoms with Crippen LogP contribution in [0, 0.1) is 0 Å². The Labute approximate surface area is 188 Å². The number of benzene rings is 2. The number of hydrogen-bond donors (Lipinski definition) is 0. The molecule has 0 bridgehead atoms. The lowest BCUT2D eigenvalue weighted by Crippen LogP contribution is -2.31. The van der Waals surface area contributed by atoms with Gasteiger partial charge >= 0.3 is 0 Å². The molecular formula is C23H20ClN3OS2. The molecule has 4 rings (SSSR count). The number of thioether (sulfide) groups is 1. The fourth-order valence-corrected chi connectivity index (χ4v) is 5.00. The summed E-state index contributed by atoms with van der Waals surface area (Å²) in [7, 11) is 0. The average molecular weight is 454 g/mol. The van der Waals surface area contributed by atoms with E-state index in [9.17, 15) is 4.79 Å². The number of hydrogen-bond acceptors (Lipinski definition) is 5. The largest absolute Gasteiger partial charge is 0.283 e. The first-order valence-electron chi connectivity index (χ1n) is 9.59. The Morgan fingerprint density at radius 1 is 1.07 bits per heavy atom. The maximum Gasteiger partial charge on any atom is 0.233 e. The summed E-state index contributed by atoms with van der Waals surface area (Å²) in [6.45, 7) is 2.57. The van der Waals surface area contributed by atoms with E-state index in [1.807, 2.05) is 42.5 Å². The molecule has 0 aliphatic heterocycles. The number of carbonyl (C=O) groups is 1. The second-order valence-corrected chi connectivity index (χ2v) is 9.48. The minimum Gasteiger partial charge on any atom is -0.283 e. The minimum atomic E-state index is 0.00728. The first kappa shape index (κ1) is 20.8. The molecule has 0 fully saturated rings. The van der Waals surface area contributed by atoms with Crippen molar-refractivity contribution in [3.05, 3.63) is 83.1 Å². The number of amides is 1. The molecule has 2 aromatic heterocycles. The van der Waals surface area contributed by atoms with Crippen molar-refractivity contribution in [2.24, 2.45) is 0 Å². The quantitative estimate of drug-likeness (QED) is 0.311. The SMILES string of the molecule is CCSc1ccc(CC(=O)N(Cc2ccncc2)c2nc3ccc(Cl)cc3s2)cc1. The predicted octanol–water partition coefficient (Wildman–Crippen LogP) is 6.23. The monoisotopic (exact) mass is 453 g/mol. The highest BCUT2D eigenvalue weighted by atomic mass is 35.5. The third kappa shape index (κ3) is 5.01. The van der Waals surface area contributed by atoms with Crippen molar-refractivity contribution in [3.63, 3.8) is 0 Å². The van der Waals surface area contributed by atoms with E-state index in [0.29, 0.717) is 23.1 Å². The summed E-state index contributed by atoms with van der Waals surface area (Å²) in [5.74, 6) is 1.03. The molecule has 0 N–H and O–H groups in total. The molecular weight excluding hydrogens is 434 g/mol. The summed E-state index contributed by atoms with van der Waals surface area (Å²) in [4.78, 5) is 25.1. The molecule has 7 heteroatoms. The van der Waals surface area contributed by atoms with Gasteiger partial charge in [0.2, 0.25) is 5.91 Å². The molecule has 152 valence electrons. The van der Waals surface area contributed by atoms with Gasteiger partial charge in [0.05, 0.1) is 23.2 Å². The van der Waals surface area contributed by atoms with E-state index in [1.54, 1.807) is 29.1 Å². The van der Waals surface area contributed by atoms with Crippen LogP contribution >= 0.6 is 34.7 Å². The maximum absolute atomic E-state index is 13.3. The third-order valence-corrected chi connectivity index (χ3v) is 6.72. The summed E-state index contributed by atoms with van der Waals surface area (Å²) >= 11 is 9.40. The molecule has 1 amide bonds. The summed E-state index contributed by atoms with van der Waals surface area (Å²) < 4.78 is 0.964.